The zero-order valence-electron chi connectivity index (χ0n) is 12.9. The van der Waals surface area contributed by atoms with Crippen molar-refractivity contribution >= 4 is 29.0 Å². The normalized spacial score (nSPS) is 9.78. The lowest BCUT2D eigenvalue weighted by Crippen LogP contribution is -2.33. The monoisotopic (exact) mass is 344 g/mol. The van der Waals surface area contributed by atoms with Gasteiger partial charge in [0.05, 0.1) is 23.7 Å². The van der Waals surface area contributed by atoms with Gasteiger partial charge in [0.25, 0.3) is 0 Å². The van der Waals surface area contributed by atoms with Crippen LogP contribution in [-0.4, -0.2) is 44.4 Å². The number of hydrogen-bond acceptors (Lipinski definition) is 5. The second-order valence-corrected chi connectivity index (χ2v) is 6.40. The molecule has 0 unspecified atom stereocenters. The number of rotatable bonds is 6. The van der Waals surface area contributed by atoms with Gasteiger partial charge in [-0.25, -0.2) is 0 Å². The van der Waals surface area contributed by atoms with Gasteiger partial charge in [-0.2, -0.15) is 0 Å². The zero-order chi connectivity index (χ0) is 16.7. The SMILES string of the molecule is C#CCN(CC#CC)C(=O)CSc1nnc(-c2cccs2)n1C. The lowest BCUT2D eigenvalue weighted by molar-refractivity contribution is -0.127. The van der Waals surface area contributed by atoms with Crippen LogP contribution >= 0.6 is 23.1 Å². The molecule has 2 heterocycles. The molecule has 118 valence electrons. The highest BCUT2D eigenvalue weighted by Gasteiger charge is 2.16. The molecule has 0 radical (unpaired) electrons. The Balaban J connectivity index is 2.01. The Morgan fingerprint density at radius 2 is 2.30 bits per heavy atom. The van der Waals surface area contributed by atoms with Crippen LogP contribution in [0.15, 0.2) is 22.7 Å². The van der Waals surface area contributed by atoms with E-state index in [-0.39, 0.29) is 18.2 Å². The van der Waals surface area contributed by atoms with E-state index in [1.54, 1.807) is 23.2 Å². The molecule has 0 aliphatic heterocycles. The first-order valence-electron chi connectivity index (χ1n) is 6.84. The van der Waals surface area contributed by atoms with E-state index in [1.807, 2.05) is 29.1 Å². The highest BCUT2D eigenvalue weighted by molar-refractivity contribution is 7.99. The Labute approximate surface area is 144 Å². The molecule has 0 atom stereocenters. The number of aromatic nitrogens is 3. The minimum Gasteiger partial charge on any atom is -0.320 e. The highest BCUT2D eigenvalue weighted by Crippen LogP contribution is 2.26. The van der Waals surface area contributed by atoms with Crippen molar-refractivity contribution in [3.05, 3.63) is 17.5 Å². The Bertz CT molecular complexity index is 762. The van der Waals surface area contributed by atoms with Crippen molar-refractivity contribution in [2.24, 2.45) is 7.05 Å². The minimum atomic E-state index is -0.0589. The molecule has 0 aliphatic rings. The second kappa shape index (κ2) is 8.42. The molecule has 5 nitrogen and oxygen atoms in total. The fraction of sp³-hybridized carbons (Fsp3) is 0.312. The number of thiophene rings is 1. The maximum absolute atomic E-state index is 12.2. The number of terminal acetylenes is 1. The summed E-state index contributed by atoms with van der Waals surface area (Å²) in [6.07, 6.45) is 5.30. The Morgan fingerprint density at radius 3 is 2.96 bits per heavy atom. The summed E-state index contributed by atoms with van der Waals surface area (Å²) in [5.41, 5.74) is 0. The number of thioether (sulfide) groups is 1. The summed E-state index contributed by atoms with van der Waals surface area (Å²) in [5, 5.41) is 11.0. The fourth-order valence-electron chi connectivity index (χ4n) is 1.80. The van der Waals surface area contributed by atoms with Gasteiger partial charge in [-0.15, -0.1) is 33.9 Å². The third kappa shape index (κ3) is 4.38. The van der Waals surface area contributed by atoms with E-state index in [9.17, 15) is 4.79 Å². The molecule has 0 saturated carbocycles. The zero-order valence-corrected chi connectivity index (χ0v) is 14.6. The van der Waals surface area contributed by atoms with Gasteiger partial charge in [-0.05, 0) is 18.4 Å². The molecule has 7 heteroatoms. The van der Waals surface area contributed by atoms with Crippen molar-refractivity contribution < 1.29 is 4.79 Å². The van der Waals surface area contributed by atoms with Gasteiger partial charge < -0.3 is 9.47 Å². The van der Waals surface area contributed by atoms with Gasteiger partial charge in [0, 0.05) is 7.05 Å². The summed E-state index contributed by atoms with van der Waals surface area (Å²) in [6.45, 7) is 2.34. The number of carbonyl (C=O) groups is 1. The average Bonchev–Trinajstić information content (AvgIpc) is 3.18. The Hall–Kier alpha value is -2.22. The van der Waals surface area contributed by atoms with Crippen LogP contribution in [0, 0.1) is 24.2 Å². The third-order valence-electron chi connectivity index (χ3n) is 2.98. The van der Waals surface area contributed by atoms with Crippen molar-refractivity contribution in [2.75, 3.05) is 18.8 Å². The maximum Gasteiger partial charge on any atom is 0.234 e. The minimum absolute atomic E-state index is 0.0589. The molecule has 0 aliphatic carbocycles. The van der Waals surface area contributed by atoms with E-state index in [4.69, 9.17) is 6.42 Å². The van der Waals surface area contributed by atoms with Crippen LogP contribution in [0.4, 0.5) is 0 Å². The summed E-state index contributed by atoms with van der Waals surface area (Å²) in [7, 11) is 1.89. The van der Waals surface area contributed by atoms with E-state index >= 15 is 0 Å². The van der Waals surface area contributed by atoms with Crippen LogP contribution in [0.3, 0.4) is 0 Å². The van der Waals surface area contributed by atoms with E-state index in [2.05, 4.69) is 28.0 Å². The van der Waals surface area contributed by atoms with Crippen LogP contribution in [0.2, 0.25) is 0 Å². The standard InChI is InChI=1S/C16H16N4OS2/c1-4-6-10-20(9-5-2)14(21)12-23-16-18-17-15(19(16)3)13-8-7-11-22-13/h2,7-8,11H,9-10,12H2,1,3H3. The van der Waals surface area contributed by atoms with Gasteiger partial charge in [0.15, 0.2) is 11.0 Å². The van der Waals surface area contributed by atoms with Crippen LogP contribution in [0.1, 0.15) is 6.92 Å². The van der Waals surface area contributed by atoms with Crippen molar-refractivity contribution in [1.82, 2.24) is 19.7 Å². The number of carbonyl (C=O) groups excluding carboxylic acids is 1. The number of nitrogens with zero attached hydrogens (tertiary/aromatic N) is 4. The summed E-state index contributed by atoms with van der Waals surface area (Å²) in [4.78, 5) is 14.8. The van der Waals surface area contributed by atoms with Crippen molar-refractivity contribution in [3.63, 3.8) is 0 Å². The summed E-state index contributed by atoms with van der Waals surface area (Å²) >= 11 is 2.95. The van der Waals surface area contributed by atoms with Gasteiger partial charge in [-0.3, -0.25) is 4.79 Å². The molecule has 2 aromatic heterocycles. The van der Waals surface area contributed by atoms with Crippen LogP contribution in [-0.2, 0) is 11.8 Å². The van der Waals surface area contributed by atoms with E-state index in [0.29, 0.717) is 11.7 Å². The largest absolute Gasteiger partial charge is 0.320 e. The molecule has 0 saturated heterocycles. The summed E-state index contributed by atoms with van der Waals surface area (Å²) in [6, 6.07) is 3.96. The Morgan fingerprint density at radius 1 is 1.48 bits per heavy atom. The first kappa shape index (κ1) is 17.1. The van der Waals surface area contributed by atoms with Crippen LogP contribution in [0.5, 0.6) is 0 Å². The molecule has 0 fully saturated rings. The quantitative estimate of drug-likeness (QED) is 0.595. The molecule has 0 aromatic carbocycles. The number of amides is 1. The van der Waals surface area contributed by atoms with E-state index < -0.39 is 0 Å². The molecule has 2 rings (SSSR count). The topological polar surface area (TPSA) is 51.0 Å². The lowest BCUT2D eigenvalue weighted by Gasteiger charge is -2.16. The number of hydrogen-bond donors (Lipinski definition) is 0. The summed E-state index contributed by atoms with van der Waals surface area (Å²) in [5.74, 6) is 9.11. The van der Waals surface area contributed by atoms with Crippen LogP contribution in [0.25, 0.3) is 10.7 Å². The van der Waals surface area contributed by atoms with Crippen molar-refractivity contribution in [2.45, 2.75) is 12.1 Å². The maximum atomic E-state index is 12.2. The second-order valence-electron chi connectivity index (χ2n) is 4.51. The first-order valence-corrected chi connectivity index (χ1v) is 8.70. The molecule has 23 heavy (non-hydrogen) atoms. The van der Waals surface area contributed by atoms with Gasteiger partial charge in [0.1, 0.15) is 0 Å². The molecule has 0 bridgehead atoms. The van der Waals surface area contributed by atoms with Crippen LogP contribution < -0.4 is 0 Å². The van der Waals surface area contributed by atoms with E-state index in [1.165, 1.54) is 11.8 Å². The summed E-state index contributed by atoms with van der Waals surface area (Å²) < 4.78 is 1.89. The predicted octanol–water partition coefficient (Wildman–Crippen LogP) is 2.12. The third-order valence-corrected chi connectivity index (χ3v) is 4.85. The Kier molecular flexibility index (Phi) is 6.28. The molecule has 2 aromatic rings. The van der Waals surface area contributed by atoms with E-state index in [0.717, 1.165) is 10.7 Å². The fourth-order valence-corrected chi connectivity index (χ4v) is 3.35. The predicted molar refractivity (Wildman–Crippen MR) is 93.9 cm³/mol. The molecule has 0 N–H and O–H groups in total. The molecular weight excluding hydrogens is 328 g/mol. The van der Waals surface area contributed by atoms with Crippen molar-refractivity contribution in [3.8, 4) is 34.9 Å². The smallest absolute Gasteiger partial charge is 0.234 e. The van der Waals surface area contributed by atoms with Gasteiger partial charge in [0.2, 0.25) is 5.91 Å². The van der Waals surface area contributed by atoms with Crippen molar-refractivity contribution in [1.29, 1.82) is 0 Å². The molecule has 1 amide bonds. The van der Waals surface area contributed by atoms with Gasteiger partial charge >= 0.3 is 0 Å². The van der Waals surface area contributed by atoms with Gasteiger partial charge in [-0.1, -0.05) is 29.7 Å². The lowest BCUT2D eigenvalue weighted by atomic mass is 10.4. The molecular formula is C16H16N4OS2. The molecule has 0 spiro atoms. The average molecular weight is 344 g/mol. The highest BCUT2D eigenvalue weighted by atomic mass is 32.2. The first-order chi connectivity index (χ1) is 11.2.